The van der Waals surface area contributed by atoms with E-state index in [-0.39, 0.29) is 25.3 Å². The van der Waals surface area contributed by atoms with Crippen LogP contribution in [0.2, 0.25) is 0 Å². The molecule has 1 aromatic rings. The predicted octanol–water partition coefficient (Wildman–Crippen LogP) is 0.635. The molecule has 1 aromatic carbocycles. The molecule has 11 heteroatoms. The van der Waals surface area contributed by atoms with Crippen molar-refractivity contribution in [3.05, 3.63) is 47.7 Å². The van der Waals surface area contributed by atoms with Gasteiger partial charge in [0.2, 0.25) is 11.8 Å². The fourth-order valence-corrected chi connectivity index (χ4v) is 4.42. The van der Waals surface area contributed by atoms with Gasteiger partial charge in [-0.25, -0.2) is 17.6 Å². The summed E-state index contributed by atoms with van der Waals surface area (Å²) in [4.78, 5) is 39.8. The van der Waals surface area contributed by atoms with Gasteiger partial charge in [-0.1, -0.05) is 12.1 Å². The van der Waals surface area contributed by atoms with Crippen LogP contribution in [0.25, 0.3) is 0 Å². The van der Waals surface area contributed by atoms with E-state index in [9.17, 15) is 32.3 Å². The summed E-state index contributed by atoms with van der Waals surface area (Å²) in [5.74, 6) is -1.89. The highest BCUT2D eigenvalue weighted by Crippen LogP contribution is 2.28. The van der Waals surface area contributed by atoms with Crippen molar-refractivity contribution in [2.45, 2.75) is 18.9 Å². The first kappa shape index (κ1) is 20.8. The molecule has 29 heavy (non-hydrogen) atoms. The molecular formula is C18H20FN3O6S. The van der Waals surface area contributed by atoms with Crippen LogP contribution >= 0.6 is 0 Å². The Labute approximate surface area is 166 Å². The van der Waals surface area contributed by atoms with E-state index >= 15 is 0 Å². The molecule has 1 saturated heterocycles. The van der Waals surface area contributed by atoms with E-state index in [1.807, 2.05) is 0 Å². The molecule has 2 heterocycles. The van der Waals surface area contributed by atoms with Gasteiger partial charge in [0, 0.05) is 25.4 Å². The van der Waals surface area contributed by atoms with E-state index in [1.54, 1.807) is 12.1 Å². The number of carbonyl (C=O) groups is 3. The number of amides is 3. The summed E-state index contributed by atoms with van der Waals surface area (Å²) >= 11 is 0. The molecule has 1 fully saturated rings. The maximum Gasteiger partial charge on any atom is 0.413 e. The van der Waals surface area contributed by atoms with Gasteiger partial charge in [-0.05, 0) is 24.1 Å². The van der Waals surface area contributed by atoms with Crippen molar-refractivity contribution in [1.82, 2.24) is 14.7 Å². The zero-order chi connectivity index (χ0) is 21.3. The maximum absolute atomic E-state index is 13.3. The highest BCUT2D eigenvalue weighted by Gasteiger charge is 2.44. The van der Waals surface area contributed by atoms with Crippen LogP contribution in [0.1, 0.15) is 12.0 Å². The number of fused-ring (bicyclic) bond motifs is 1. The van der Waals surface area contributed by atoms with Crippen LogP contribution in [0.15, 0.2) is 36.3 Å². The Morgan fingerprint density at radius 2 is 2.00 bits per heavy atom. The van der Waals surface area contributed by atoms with Gasteiger partial charge in [0.1, 0.15) is 28.0 Å². The highest BCUT2D eigenvalue weighted by atomic mass is 32.2. The van der Waals surface area contributed by atoms with Crippen LogP contribution in [0.5, 0.6) is 0 Å². The lowest BCUT2D eigenvalue weighted by Crippen LogP contribution is -2.59. The lowest BCUT2D eigenvalue weighted by atomic mass is 10.1. The Hall–Kier alpha value is -2.95. The number of nitrogens with zero attached hydrogens (tertiary/aromatic N) is 3. The van der Waals surface area contributed by atoms with Gasteiger partial charge in [0.25, 0.3) is 0 Å². The monoisotopic (exact) mass is 425 g/mol. The number of halogens is 1. The second-order valence-electron chi connectivity index (χ2n) is 7.04. The third kappa shape index (κ3) is 4.73. The molecule has 3 amide bonds. The minimum atomic E-state index is -3.55. The zero-order valence-electron chi connectivity index (χ0n) is 15.6. The van der Waals surface area contributed by atoms with Crippen molar-refractivity contribution in [1.29, 1.82) is 0 Å². The van der Waals surface area contributed by atoms with Gasteiger partial charge >= 0.3 is 6.09 Å². The van der Waals surface area contributed by atoms with E-state index in [0.717, 1.165) is 16.1 Å². The Morgan fingerprint density at radius 1 is 1.28 bits per heavy atom. The van der Waals surface area contributed by atoms with Crippen molar-refractivity contribution < 1.29 is 32.3 Å². The fourth-order valence-electron chi connectivity index (χ4n) is 3.45. The minimum absolute atomic E-state index is 0.0544. The van der Waals surface area contributed by atoms with Crippen molar-refractivity contribution in [3.63, 3.8) is 0 Å². The first-order valence-electron chi connectivity index (χ1n) is 8.81. The Balaban J connectivity index is 1.88. The van der Waals surface area contributed by atoms with Crippen molar-refractivity contribution in [3.8, 4) is 0 Å². The topological polar surface area (TPSA) is 115 Å². The van der Waals surface area contributed by atoms with Gasteiger partial charge in [0.05, 0.1) is 11.8 Å². The van der Waals surface area contributed by atoms with Gasteiger partial charge in [-0.3, -0.25) is 19.4 Å². The summed E-state index contributed by atoms with van der Waals surface area (Å²) in [6, 6.07) is 4.81. The summed E-state index contributed by atoms with van der Waals surface area (Å²) in [5.41, 5.74) is 0.656. The van der Waals surface area contributed by atoms with Crippen molar-refractivity contribution in [2.75, 3.05) is 25.1 Å². The second-order valence-corrected chi connectivity index (χ2v) is 9.22. The second kappa shape index (κ2) is 7.82. The molecule has 1 N–H and O–H groups in total. The molecule has 0 aliphatic carbocycles. The minimum Gasteiger partial charge on any atom is -0.465 e. The van der Waals surface area contributed by atoms with Crippen LogP contribution in [0.4, 0.5) is 9.18 Å². The number of sulfone groups is 1. The molecule has 0 radical (unpaired) electrons. The lowest BCUT2D eigenvalue weighted by molar-refractivity contribution is -0.143. The first-order valence-corrected chi connectivity index (χ1v) is 10.9. The quantitative estimate of drug-likeness (QED) is 0.740. The lowest BCUT2D eigenvalue weighted by Gasteiger charge is -2.44. The molecule has 0 bridgehead atoms. The molecule has 2 aliphatic rings. The first-order chi connectivity index (χ1) is 13.5. The van der Waals surface area contributed by atoms with Crippen LogP contribution in [-0.4, -0.2) is 77.3 Å². The summed E-state index contributed by atoms with van der Waals surface area (Å²) < 4.78 is 36.7. The molecule has 156 valence electrons. The van der Waals surface area contributed by atoms with E-state index in [2.05, 4.69) is 0 Å². The van der Waals surface area contributed by atoms with Crippen LogP contribution in [0, 0.1) is 5.82 Å². The van der Waals surface area contributed by atoms with E-state index in [0.29, 0.717) is 12.0 Å². The smallest absolute Gasteiger partial charge is 0.413 e. The number of carboxylic acid groups (broad SMARTS) is 1. The highest BCUT2D eigenvalue weighted by molar-refractivity contribution is 7.90. The molecule has 3 rings (SSSR count). The Kier molecular flexibility index (Phi) is 5.60. The largest absolute Gasteiger partial charge is 0.465 e. The molecule has 2 aliphatic heterocycles. The predicted molar refractivity (Wildman–Crippen MR) is 99.6 cm³/mol. The molecule has 0 spiro atoms. The summed E-state index contributed by atoms with van der Waals surface area (Å²) in [6.07, 6.45) is 0.787. The van der Waals surface area contributed by atoms with Gasteiger partial charge in [-0.2, -0.15) is 0 Å². The van der Waals surface area contributed by atoms with Crippen LogP contribution in [0.3, 0.4) is 0 Å². The number of benzene rings is 1. The molecule has 0 saturated carbocycles. The molecule has 0 aromatic heterocycles. The number of rotatable bonds is 5. The third-order valence-corrected chi connectivity index (χ3v) is 5.71. The number of carbonyl (C=O) groups excluding carboxylic acids is 2. The molecular weight excluding hydrogens is 405 g/mol. The summed E-state index contributed by atoms with van der Waals surface area (Å²) in [5, 5.41) is 9.63. The van der Waals surface area contributed by atoms with Crippen molar-refractivity contribution >= 4 is 27.7 Å². The number of hydrogen-bond acceptors (Lipinski definition) is 5. The van der Waals surface area contributed by atoms with E-state index in [1.165, 1.54) is 23.2 Å². The molecule has 9 nitrogen and oxygen atoms in total. The standard InChI is InChI=1S/C18H20FN3O6S/c1-29(27,28)11-14-8-16(23)21-10-17(24)20(9-15(21)22(14)18(25)26)6-5-12-3-2-4-13(19)7-12/h2-4,7,9,14H,5-6,8,10-11H2,1H3,(H,25,26). The summed E-state index contributed by atoms with van der Waals surface area (Å²) in [7, 11) is -3.55. The SMILES string of the molecule is CS(=O)(=O)CC1CC(=O)N2CC(=O)N(CCc3cccc(F)c3)C=C2N1C(=O)O. The molecule has 1 atom stereocenters. The van der Waals surface area contributed by atoms with Crippen molar-refractivity contribution in [2.24, 2.45) is 0 Å². The van der Waals surface area contributed by atoms with E-state index in [4.69, 9.17) is 0 Å². The maximum atomic E-state index is 13.3. The van der Waals surface area contributed by atoms with Crippen LogP contribution < -0.4 is 0 Å². The van der Waals surface area contributed by atoms with Gasteiger partial charge in [-0.15, -0.1) is 0 Å². The van der Waals surface area contributed by atoms with Gasteiger partial charge < -0.3 is 10.0 Å². The average molecular weight is 425 g/mol. The van der Waals surface area contributed by atoms with Gasteiger partial charge in [0.15, 0.2) is 0 Å². The number of hydrogen-bond donors (Lipinski definition) is 1. The third-order valence-electron chi connectivity index (χ3n) is 4.72. The molecule has 1 unspecified atom stereocenters. The van der Waals surface area contributed by atoms with Crippen LogP contribution in [-0.2, 0) is 25.8 Å². The fraction of sp³-hybridized carbons (Fsp3) is 0.389. The zero-order valence-corrected chi connectivity index (χ0v) is 16.4. The summed E-state index contributed by atoms with van der Waals surface area (Å²) in [6.45, 7) is -0.193. The Bertz CT molecular complexity index is 993. The van der Waals surface area contributed by atoms with E-state index < -0.39 is 45.4 Å². The Morgan fingerprint density at radius 3 is 2.62 bits per heavy atom. The normalized spacial score (nSPS) is 19.9. The average Bonchev–Trinajstić information content (AvgIpc) is 2.59.